The van der Waals surface area contributed by atoms with Crippen molar-refractivity contribution >= 4 is 59.2 Å². The van der Waals surface area contributed by atoms with Crippen molar-refractivity contribution in [1.29, 1.82) is 0 Å². The van der Waals surface area contributed by atoms with E-state index < -0.39 is 0 Å². The summed E-state index contributed by atoms with van der Waals surface area (Å²) in [6.45, 7) is 0. The molecule has 0 amide bonds. The first-order valence-corrected chi connectivity index (χ1v) is 20.6. The summed E-state index contributed by atoms with van der Waals surface area (Å²) >= 11 is 1.88. The number of para-hydroxylation sites is 2. The summed E-state index contributed by atoms with van der Waals surface area (Å²) in [5.74, 6) is 3.29. The Balaban J connectivity index is 0.948. The van der Waals surface area contributed by atoms with Gasteiger partial charge < -0.3 is 9.30 Å². The number of hydrazone groups is 1. The molecule has 57 heavy (non-hydrogen) atoms. The van der Waals surface area contributed by atoms with E-state index >= 15 is 0 Å². The number of amidine groups is 1. The van der Waals surface area contributed by atoms with Crippen LogP contribution in [0.5, 0.6) is 5.75 Å². The molecule has 0 saturated carbocycles. The van der Waals surface area contributed by atoms with Crippen molar-refractivity contribution in [2.24, 2.45) is 0 Å². The Morgan fingerprint density at radius 2 is 1.28 bits per heavy atom. The second-order valence-electron chi connectivity index (χ2n) is 15.5. The molecule has 3 atom stereocenters. The molecule has 2 aromatic heterocycles. The van der Waals surface area contributed by atoms with Gasteiger partial charge in [-0.05, 0) is 72.2 Å². The Bertz CT molecular complexity index is 3190. The first-order valence-electron chi connectivity index (χ1n) is 19.8. The van der Waals surface area contributed by atoms with E-state index in [9.17, 15) is 0 Å². The van der Waals surface area contributed by atoms with Crippen LogP contribution in [0.2, 0.25) is 0 Å². The Hall–Kier alpha value is -6.89. The molecule has 1 saturated heterocycles. The van der Waals surface area contributed by atoms with E-state index in [4.69, 9.17) is 4.74 Å². The van der Waals surface area contributed by atoms with Crippen LogP contribution in [0.1, 0.15) is 35.2 Å². The molecular weight excluding hydrogens is 717 g/mol. The molecule has 6 heteroatoms. The Labute approximate surface area is 333 Å². The van der Waals surface area contributed by atoms with Gasteiger partial charge in [0.2, 0.25) is 6.17 Å². The molecule has 5 nitrogen and oxygen atoms in total. The number of thiophene rings is 1. The molecule has 3 unspecified atom stereocenters. The number of hydrogen-bond donors (Lipinski definition) is 1. The highest BCUT2D eigenvalue weighted by molar-refractivity contribution is 7.26. The number of hydrazine groups is 1. The van der Waals surface area contributed by atoms with E-state index in [0.717, 1.165) is 23.8 Å². The summed E-state index contributed by atoms with van der Waals surface area (Å²) in [6.07, 6.45) is 5.67. The molecule has 0 radical (unpaired) electrons. The molecule has 0 spiro atoms. The number of rotatable bonds is 5. The van der Waals surface area contributed by atoms with Crippen LogP contribution in [0.4, 0.5) is 0 Å². The number of allylic oxidation sites excluding steroid dienone is 3. The fraction of sp³-hybridized carbons (Fsp3) is 0.0784. The molecule has 7 aromatic carbocycles. The topological polar surface area (TPSA) is 32.2 Å². The van der Waals surface area contributed by atoms with E-state index in [-0.39, 0.29) is 18.2 Å². The van der Waals surface area contributed by atoms with Crippen molar-refractivity contribution in [1.82, 2.24) is 14.9 Å². The summed E-state index contributed by atoms with van der Waals surface area (Å²) in [7, 11) is 0. The van der Waals surface area contributed by atoms with Crippen LogP contribution in [-0.4, -0.2) is 26.3 Å². The van der Waals surface area contributed by atoms with E-state index in [1.807, 2.05) is 11.3 Å². The lowest BCUT2D eigenvalue weighted by Gasteiger charge is -2.19. The molecule has 1 fully saturated rings. The van der Waals surface area contributed by atoms with Crippen LogP contribution < -0.4 is 10.1 Å². The van der Waals surface area contributed by atoms with Crippen LogP contribution in [0.15, 0.2) is 187 Å². The largest absolute Gasteiger partial charge is 0.461 e. The molecular formula is C51H35N4OS+. The maximum absolute atomic E-state index is 6.73. The summed E-state index contributed by atoms with van der Waals surface area (Å²) in [5, 5.41) is 11.5. The lowest BCUT2D eigenvalue weighted by Crippen LogP contribution is -2.32. The maximum Gasteiger partial charge on any atom is 0.305 e. The lowest BCUT2D eigenvalue weighted by atomic mass is 9.82. The molecule has 1 N–H and O–H groups in total. The fourth-order valence-corrected chi connectivity index (χ4v) is 11.2. The molecule has 9 aromatic rings. The minimum Gasteiger partial charge on any atom is -0.461 e. The number of aromatic nitrogens is 1. The zero-order chi connectivity index (χ0) is 37.2. The quantitative estimate of drug-likeness (QED) is 0.140. The van der Waals surface area contributed by atoms with Gasteiger partial charge in [0, 0.05) is 47.6 Å². The molecule has 3 aliphatic heterocycles. The average molecular weight is 752 g/mol. The highest BCUT2D eigenvalue weighted by Gasteiger charge is 2.63. The van der Waals surface area contributed by atoms with Gasteiger partial charge in [-0.2, -0.15) is 0 Å². The number of benzene rings is 7. The van der Waals surface area contributed by atoms with E-state index in [1.54, 1.807) is 0 Å². The molecule has 13 rings (SSSR count). The minimum atomic E-state index is 0.0635. The van der Waals surface area contributed by atoms with Crippen LogP contribution in [0, 0.1) is 0 Å². The van der Waals surface area contributed by atoms with Gasteiger partial charge in [0.15, 0.2) is 0 Å². The van der Waals surface area contributed by atoms with Gasteiger partial charge >= 0.3 is 5.84 Å². The Morgan fingerprint density at radius 1 is 0.614 bits per heavy atom. The van der Waals surface area contributed by atoms with Crippen LogP contribution in [0.25, 0.3) is 58.8 Å². The van der Waals surface area contributed by atoms with Crippen LogP contribution >= 0.6 is 11.3 Å². The molecule has 0 bridgehead atoms. The predicted molar refractivity (Wildman–Crippen MR) is 232 cm³/mol. The third kappa shape index (κ3) is 4.47. The summed E-state index contributed by atoms with van der Waals surface area (Å²) in [4.78, 5) is 0. The second-order valence-corrected chi connectivity index (χ2v) is 16.5. The zero-order valence-corrected chi connectivity index (χ0v) is 31.7. The SMILES string of the molecule is C1=C2Oc3cccc(-c4cccc5sc6cccc(-n7c8ccccc8c8ccccc87)c6c45)c3C2CC(C2N3C(c4ccccc4)NC(c4ccccc4)=[N+]23)=C1. The number of nitrogens with zero attached hydrogens (tertiary/aromatic N) is 3. The third-order valence-corrected chi connectivity index (χ3v) is 13.6. The van der Waals surface area contributed by atoms with E-state index in [1.165, 1.54) is 81.1 Å². The standard InChI is InChI=1S/C51H34N4OS/c1-3-14-31(15-4-1)49-52-50(32-16-5-2-6-17-32)55-51(54(49)55)33-28-29-42-38(30-33)46-36(20-11-25-43(46)56-42)37-21-12-26-44-47(37)48-41(24-13-27-45(48)57-44)53-39-22-9-7-18-34(39)35-19-8-10-23-40(35)53/h1-29,38,49,51H,30H2/p+1. The Morgan fingerprint density at radius 3 is 2.07 bits per heavy atom. The fourth-order valence-electron chi connectivity index (χ4n) is 10.0. The number of nitrogens with one attached hydrogen (secondary N) is 1. The predicted octanol–water partition coefficient (Wildman–Crippen LogP) is 11.8. The average Bonchev–Trinajstić information content (AvgIpc) is 3.61. The smallest absolute Gasteiger partial charge is 0.305 e. The number of hydrogen-bond acceptors (Lipinski definition) is 4. The van der Waals surface area contributed by atoms with Crippen molar-refractivity contribution in [3.05, 3.63) is 204 Å². The molecule has 5 heterocycles. The summed E-state index contributed by atoms with van der Waals surface area (Å²) < 4.78 is 14.2. The van der Waals surface area contributed by atoms with Gasteiger partial charge in [-0.25, -0.2) is 5.32 Å². The summed E-state index contributed by atoms with van der Waals surface area (Å²) in [6, 6.07) is 59.4. The maximum atomic E-state index is 6.73. The van der Waals surface area contributed by atoms with Gasteiger partial charge in [-0.1, -0.05) is 121 Å². The molecule has 1 aliphatic carbocycles. The first-order chi connectivity index (χ1) is 28.3. The van der Waals surface area contributed by atoms with Gasteiger partial charge in [0.25, 0.3) is 6.17 Å². The van der Waals surface area contributed by atoms with Crippen molar-refractivity contribution in [2.75, 3.05) is 0 Å². The molecule has 270 valence electrons. The van der Waals surface area contributed by atoms with Gasteiger partial charge in [-0.3, -0.25) is 0 Å². The van der Waals surface area contributed by atoms with E-state index in [0.29, 0.717) is 0 Å². The van der Waals surface area contributed by atoms with Crippen molar-refractivity contribution in [2.45, 2.75) is 24.7 Å². The number of ether oxygens (including phenoxy) is 1. The normalized spacial score (nSPS) is 19.4. The van der Waals surface area contributed by atoms with Crippen molar-refractivity contribution in [3.63, 3.8) is 0 Å². The van der Waals surface area contributed by atoms with Crippen LogP contribution in [0.3, 0.4) is 0 Å². The third-order valence-electron chi connectivity index (χ3n) is 12.4. The highest BCUT2D eigenvalue weighted by atomic mass is 32.1. The zero-order valence-electron chi connectivity index (χ0n) is 30.8. The molecule has 4 aliphatic rings. The van der Waals surface area contributed by atoms with E-state index in [2.05, 4.69) is 196 Å². The number of fused-ring (bicyclic) bond motifs is 10. The van der Waals surface area contributed by atoms with Gasteiger partial charge in [0.05, 0.1) is 28.2 Å². The van der Waals surface area contributed by atoms with Crippen LogP contribution in [-0.2, 0) is 0 Å². The monoisotopic (exact) mass is 751 g/mol. The van der Waals surface area contributed by atoms with Gasteiger partial charge in [0.1, 0.15) is 11.5 Å². The second kappa shape index (κ2) is 11.8. The lowest BCUT2D eigenvalue weighted by molar-refractivity contribution is -0.452. The van der Waals surface area contributed by atoms with Crippen molar-refractivity contribution < 1.29 is 9.42 Å². The summed E-state index contributed by atoms with van der Waals surface area (Å²) in [5.41, 5.74) is 11.3. The minimum absolute atomic E-state index is 0.0635. The first kappa shape index (κ1) is 31.3. The highest BCUT2D eigenvalue weighted by Crippen LogP contribution is 2.54. The van der Waals surface area contributed by atoms with Gasteiger partial charge in [-0.15, -0.1) is 21.0 Å². The van der Waals surface area contributed by atoms with Crippen molar-refractivity contribution in [3.8, 4) is 22.6 Å². The Kier molecular flexibility index (Phi) is 6.49.